The van der Waals surface area contributed by atoms with Crippen molar-refractivity contribution in [2.24, 2.45) is 0 Å². The standard InChI is InChI=1S/C11H7NO/c1-8(13)10-6-9-4-2-3-5-11(9)12-7-10/h1-7H. The van der Waals surface area contributed by atoms with Gasteiger partial charge in [0.05, 0.1) is 5.52 Å². The third-order valence-corrected chi connectivity index (χ3v) is 1.87. The topological polar surface area (TPSA) is 30.0 Å². The lowest BCUT2D eigenvalue weighted by Crippen LogP contribution is -1.93. The highest BCUT2D eigenvalue weighted by atomic mass is 16.1. The predicted octanol–water partition coefficient (Wildman–Crippen LogP) is 2.13. The maximum absolute atomic E-state index is 10.8. The van der Waals surface area contributed by atoms with Crippen LogP contribution in [0.5, 0.6) is 0 Å². The molecule has 2 nitrogen and oxygen atoms in total. The van der Waals surface area contributed by atoms with E-state index in [0.29, 0.717) is 5.56 Å². The van der Waals surface area contributed by atoms with Crippen LogP contribution in [0.3, 0.4) is 0 Å². The number of nitrogens with zero attached hydrogens (tertiary/aromatic N) is 1. The molecule has 13 heavy (non-hydrogen) atoms. The highest BCUT2D eigenvalue weighted by Gasteiger charge is 2.00. The Balaban J connectivity index is 2.69. The number of aromatic nitrogens is 1. The van der Waals surface area contributed by atoms with E-state index < -0.39 is 5.78 Å². The van der Waals surface area contributed by atoms with Crippen LogP contribution in [-0.4, -0.2) is 10.8 Å². The molecule has 0 N–H and O–H groups in total. The molecule has 2 rings (SSSR count). The lowest BCUT2D eigenvalue weighted by molar-refractivity contribution is 0.104. The van der Waals surface area contributed by atoms with Crippen molar-refractivity contribution in [3.8, 4) is 0 Å². The molecule has 0 aliphatic heterocycles. The maximum atomic E-state index is 10.8. The molecule has 0 atom stereocenters. The van der Waals surface area contributed by atoms with E-state index in [4.69, 9.17) is 6.92 Å². The molecule has 0 aliphatic carbocycles. The number of hydrogen-bond donors (Lipinski definition) is 0. The fourth-order valence-electron chi connectivity index (χ4n) is 1.21. The number of carbonyl (C=O) groups excluding carboxylic acids is 1. The highest BCUT2D eigenvalue weighted by molar-refractivity contribution is 6.01. The number of pyridine rings is 1. The number of benzene rings is 1. The lowest BCUT2D eigenvalue weighted by atomic mass is 10.1. The van der Waals surface area contributed by atoms with Crippen molar-refractivity contribution >= 4 is 16.7 Å². The average molecular weight is 169 g/mol. The van der Waals surface area contributed by atoms with Crippen molar-refractivity contribution < 1.29 is 4.79 Å². The van der Waals surface area contributed by atoms with E-state index in [1.165, 1.54) is 6.20 Å². The van der Waals surface area contributed by atoms with Crippen molar-refractivity contribution in [2.45, 2.75) is 0 Å². The summed E-state index contributed by atoms with van der Waals surface area (Å²) in [7, 11) is 0. The molecule has 2 aromatic rings. The molecular formula is C11H7NO. The van der Waals surface area contributed by atoms with Gasteiger partial charge >= 0.3 is 0 Å². The van der Waals surface area contributed by atoms with Gasteiger partial charge in [-0.1, -0.05) is 18.2 Å². The van der Waals surface area contributed by atoms with Gasteiger partial charge in [-0.2, -0.15) is 0 Å². The monoisotopic (exact) mass is 169 g/mol. The van der Waals surface area contributed by atoms with Gasteiger partial charge in [0.25, 0.3) is 0 Å². The minimum absolute atomic E-state index is 0.443. The zero-order valence-corrected chi connectivity index (χ0v) is 6.90. The zero-order valence-electron chi connectivity index (χ0n) is 6.90. The van der Waals surface area contributed by atoms with E-state index >= 15 is 0 Å². The molecule has 2 heteroatoms. The molecule has 0 saturated heterocycles. The Morgan fingerprint density at radius 1 is 1.31 bits per heavy atom. The molecule has 0 spiro atoms. The molecule has 0 unspecified atom stereocenters. The third kappa shape index (κ3) is 1.43. The zero-order chi connectivity index (χ0) is 9.26. The molecular weight excluding hydrogens is 162 g/mol. The van der Waals surface area contributed by atoms with Crippen molar-refractivity contribution in [1.29, 1.82) is 0 Å². The van der Waals surface area contributed by atoms with Gasteiger partial charge in [0, 0.05) is 24.1 Å². The summed E-state index contributed by atoms with van der Waals surface area (Å²) in [6, 6.07) is 9.33. The first kappa shape index (κ1) is 7.92. The molecule has 0 aliphatic rings. The van der Waals surface area contributed by atoms with Gasteiger partial charge in [-0.3, -0.25) is 9.78 Å². The van der Waals surface area contributed by atoms with Crippen molar-refractivity contribution in [1.82, 2.24) is 4.98 Å². The maximum Gasteiger partial charge on any atom is 0.169 e. The summed E-state index contributed by atoms with van der Waals surface area (Å²) >= 11 is 0. The van der Waals surface area contributed by atoms with Gasteiger partial charge < -0.3 is 0 Å². The number of para-hydroxylation sites is 1. The molecule has 2 radical (unpaired) electrons. The molecule has 0 bridgehead atoms. The summed E-state index contributed by atoms with van der Waals surface area (Å²) in [5.41, 5.74) is 1.31. The van der Waals surface area contributed by atoms with E-state index in [2.05, 4.69) is 4.98 Å². The predicted molar refractivity (Wildman–Crippen MR) is 50.4 cm³/mol. The molecule has 0 saturated carbocycles. The van der Waals surface area contributed by atoms with Gasteiger partial charge in [0.1, 0.15) is 0 Å². The van der Waals surface area contributed by atoms with Crippen LogP contribution in [0.15, 0.2) is 36.5 Å². The minimum atomic E-state index is -0.446. The van der Waals surface area contributed by atoms with Gasteiger partial charge in [-0.05, 0) is 12.1 Å². The summed E-state index contributed by atoms with van der Waals surface area (Å²) in [5.74, 6) is -0.446. The highest BCUT2D eigenvalue weighted by Crippen LogP contribution is 2.12. The summed E-state index contributed by atoms with van der Waals surface area (Å²) in [5, 5.41) is 0.929. The van der Waals surface area contributed by atoms with Crippen LogP contribution in [0.2, 0.25) is 0 Å². The second-order valence-corrected chi connectivity index (χ2v) is 2.78. The largest absolute Gasteiger partial charge is 0.294 e. The van der Waals surface area contributed by atoms with Crippen LogP contribution >= 0.6 is 0 Å². The minimum Gasteiger partial charge on any atom is -0.294 e. The molecule has 1 aromatic heterocycles. The Morgan fingerprint density at radius 2 is 2.08 bits per heavy atom. The van der Waals surface area contributed by atoms with Crippen LogP contribution < -0.4 is 0 Å². The molecule has 0 fully saturated rings. The Bertz CT molecular complexity index is 462. The van der Waals surface area contributed by atoms with Crippen LogP contribution in [0.25, 0.3) is 10.9 Å². The van der Waals surface area contributed by atoms with E-state index in [1.54, 1.807) is 6.07 Å². The van der Waals surface area contributed by atoms with Crippen molar-refractivity contribution in [3.63, 3.8) is 0 Å². The number of hydrogen-bond acceptors (Lipinski definition) is 2. The number of carbonyl (C=O) groups is 1. The number of ketones is 1. The Labute approximate surface area is 76.2 Å². The quantitative estimate of drug-likeness (QED) is 0.612. The lowest BCUT2D eigenvalue weighted by Gasteiger charge is -1.97. The van der Waals surface area contributed by atoms with E-state index in [9.17, 15) is 4.79 Å². The van der Waals surface area contributed by atoms with E-state index in [-0.39, 0.29) is 0 Å². The first-order chi connectivity index (χ1) is 6.27. The summed E-state index contributed by atoms with van der Waals surface area (Å²) in [4.78, 5) is 14.9. The number of Topliss-reactive ketones (excluding diaryl/α,β-unsaturated/α-hetero) is 1. The average Bonchev–Trinajstić information content (AvgIpc) is 2.17. The normalized spacial score (nSPS) is 10.2. The van der Waals surface area contributed by atoms with Crippen molar-refractivity contribution in [3.05, 3.63) is 49.0 Å². The van der Waals surface area contributed by atoms with Crippen LogP contribution in [0.1, 0.15) is 10.4 Å². The smallest absolute Gasteiger partial charge is 0.169 e. The van der Waals surface area contributed by atoms with Gasteiger partial charge in [-0.15, -0.1) is 0 Å². The van der Waals surface area contributed by atoms with Gasteiger partial charge in [0.15, 0.2) is 5.78 Å². The summed E-state index contributed by atoms with van der Waals surface area (Å²) in [6.45, 7) is 5.13. The molecule has 0 amide bonds. The Hall–Kier alpha value is -1.70. The third-order valence-electron chi connectivity index (χ3n) is 1.87. The van der Waals surface area contributed by atoms with E-state index in [0.717, 1.165) is 10.9 Å². The van der Waals surface area contributed by atoms with Gasteiger partial charge in [0.2, 0.25) is 0 Å². The number of rotatable bonds is 1. The fourth-order valence-corrected chi connectivity index (χ4v) is 1.21. The molecule has 62 valence electrons. The molecule has 1 heterocycles. The van der Waals surface area contributed by atoms with Crippen LogP contribution in [0.4, 0.5) is 0 Å². The van der Waals surface area contributed by atoms with Crippen LogP contribution in [0, 0.1) is 6.92 Å². The second-order valence-electron chi connectivity index (χ2n) is 2.78. The summed E-state index contributed by atoms with van der Waals surface area (Å²) in [6.07, 6.45) is 1.49. The fraction of sp³-hybridized carbons (Fsp3) is 0. The first-order valence-electron chi connectivity index (χ1n) is 3.92. The SMILES string of the molecule is [CH]C(=O)c1cnc2ccccc2c1. The first-order valence-corrected chi connectivity index (χ1v) is 3.92. The Morgan fingerprint density at radius 3 is 2.85 bits per heavy atom. The van der Waals surface area contributed by atoms with E-state index in [1.807, 2.05) is 24.3 Å². The molecule has 1 aromatic carbocycles. The van der Waals surface area contributed by atoms with Gasteiger partial charge in [-0.25, -0.2) is 0 Å². The Kier molecular flexibility index (Phi) is 1.81. The number of fused-ring (bicyclic) bond motifs is 1. The summed E-state index contributed by atoms with van der Waals surface area (Å²) < 4.78 is 0. The van der Waals surface area contributed by atoms with Crippen molar-refractivity contribution in [2.75, 3.05) is 0 Å². The second kappa shape index (κ2) is 2.98. The van der Waals surface area contributed by atoms with Crippen LogP contribution in [-0.2, 0) is 0 Å².